The van der Waals surface area contributed by atoms with Gasteiger partial charge in [-0.25, -0.2) is 24.3 Å². The summed E-state index contributed by atoms with van der Waals surface area (Å²) in [4.78, 5) is 30.4. The minimum Gasteiger partial charge on any atom is -0.491 e. The Balaban J connectivity index is 1.05. The van der Waals surface area contributed by atoms with Crippen LogP contribution in [0.4, 0.5) is 10.7 Å². The first-order valence-corrected chi connectivity index (χ1v) is 13.6. The number of piperidine rings is 1. The second-order valence-electron chi connectivity index (χ2n) is 10.7. The van der Waals surface area contributed by atoms with Crippen molar-refractivity contribution in [3.63, 3.8) is 0 Å². The van der Waals surface area contributed by atoms with Crippen molar-refractivity contribution in [2.75, 3.05) is 37.7 Å². The number of urea groups is 1. The van der Waals surface area contributed by atoms with E-state index in [0.29, 0.717) is 26.1 Å². The molecule has 1 spiro atoms. The standard InChI is InChI=1S/C29H34N8O2/c1-21-17-24(39-19-22(2)23-7-4-3-5-8-23)18-37-26(21)32-25(34-37)9-14-36-20-29(33-28(36)38)10-15-35(16-11-29)27-30-12-6-13-31-27/h3-8,12-13,17-18,22H,9-11,14-16,19-20H2,1-2H3,(H,33,38)/t22-/m0/s1. The zero-order valence-corrected chi connectivity index (χ0v) is 22.5. The average molecular weight is 527 g/mol. The normalized spacial score (nSPS) is 17.5. The highest BCUT2D eigenvalue weighted by Gasteiger charge is 2.44. The Morgan fingerprint density at radius 3 is 2.64 bits per heavy atom. The van der Waals surface area contributed by atoms with Crippen LogP contribution in [0.3, 0.4) is 0 Å². The summed E-state index contributed by atoms with van der Waals surface area (Å²) in [5.41, 5.74) is 2.87. The zero-order valence-electron chi connectivity index (χ0n) is 22.5. The molecule has 2 amide bonds. The predicted molar refractivity (Wildman–Crippen MR) is 148 cm³/mol. The lowest BCUT2D eigenvalue weighted by molar-refractivity contribution is 0.217. The summed E-state index contributed by atoms with van der Waals surface area (Å²) in [5, 5.41) is 7.96. The van der Waals surface area contributed by atoms with E-state index in [9.17, 15) is 4.79 Å². The maximum absolute atomic E-state index is 12.8. The summed E-state index contributed by atoms with van der Waals surface area (Å²) >= 11 is 0. The molecule has 202 valence electrons. The van der Waals surface area contributed by atoms with Crippen molar-refractivity contribution in [2.24, 2.45) is 0 Å². The van der Waals surface area contributed by atoms with Crippen molar-refractivity contribution in [3.8, 4) is 5.75 Å². The van der Waals surface area contributed by atoms with Crippen molar-refractivity contribution in [1.82, 2.24) is 34.8 Å². The van der Waals surface area contributed by atoms with E-state index in [2.05, 4.69) is 51.4 Å². The Kier molecular flexibility index (Phi) is 6.76. The van der Waals surface area contributed by atoms with Crippen LogP contribution in [0.25, 0.3) is 5.65 Å². The number of hydrogen-bond donors (Lipinski definition) is 1. The zero-order chi connectivity index (χ0) is 26.8. The molecule has 0 bridgehead atoms. The van der Waals surface area contributed by atoms with Gasteiger partial charge in [0.1, 0.15) is 5.75 Å². The van der Waals surface area contributed by atoms with Gasteiger partial charge in [-0.3, -0.25) is 0 Å². The molecule has 2 aliphatic rings. The van der Waals surface area contributed by atoms with Gasteiger partial charge in [0, 0.05) is 50.9 Å². The number of aromatic nitrogens is 5. The first-order chi connectivity index (χ1) is 19.0. The van der Waals surface area contributed by atoms with Crippen molar-refractivity contribution < 1.29 is 9.53 Å². The Labute approximate surface area is 228 Å². The molecule has 1 N–H and O–H groups in total. The van der Waals surface area contributed by atoms with Crippen LogP contribution in [-0.4, -0.2) is 73.8 Å². The van der Waals surface area contributed by atoms with E-state index >= 15 is 0 Å². The highest BCUT2D eigenvalue weighted by Crippen LogP contribution is 2.29. The molecule has 39 heavy (non-hydrogen) atoms. The molecule has 10 heteroatoms. The molecule has 3 aromatic heterocycles. The van der Waals surface area contributed by atoms with Crippen LogP contribution in [0, 0.1) is 6.92 Å². The van der Waals surface area contributed by atoms with Gasteiger partial charge in [-0.2, -0.15) is 5.10 Å². The van der Waals surface area contributed by atoms with Crippen LogP contribution in [0.1, 0.15) is 42.6 Å². The van der Waals surface area contributed by atoms with Crippen LogP contribution in [-0.2, 0) is 6.42 Å². The van der Waals surface area contributed by atoms with E-state index in [1.165, 1.54) is 5.56 Å². The molecule has 1 atom stereocenters. The van der Waals surface area contributed by atoms with Gasteiger partial charge in [0.05, 0.1) is 18.3 Å². The second-order valence-corrected chi connectivity index (χ2v) is 10.7. The topological polar surface area (TPSA) is 101 Å². The Hall–Kier alpha value is -4.21. The molecule has 4 aromatic rings. The fourth-order valence-corrected chi connectivity index (χ4v) is 5.52. The van der Waals surface area contributed by atoms with Crippen LogP contribution < -0.4 is 15.0 Å². The highest BCUT2D eigenvalue weighted by atomic mass is 16.5. The Morgan fingerprint density at radius 1 is 1.10 bits per heavy atom. The van der Waals surface area contributed by atoms with E-state index in [1.807, 2.05) is 36.2 Å². The van der Waals surface area contributed by atoms with Crippen molar-refractivity contribution in [1.29, 1.82) is 0 Å². The molecule has 10 nitrogen and oxygen atoms in total. The van der Waals surface area contributed by atoms with Gasteiger partial charge in [0.25, 0.3) is 0 Å². The molecule has 1 aromatic carbocycles. The third-order valence-electron chi connectivity index (χ3n) is 7.82. The smallest absolute Gasteiger partial charge is 0.317 e. The van der Waals surface area contributed by atoms with Gasteiger partial charge < -0.3 is 19.9 Å². The summed E-state index contributed by atoms with van der Waals surface area (Å²) in [6, 6.07) is 14.2. The molecular formula is C29H34N8O2. The van der Waals surface area contributed by atoms with Crippen molar-refractivity contribution >= 4 is 17.6 Å². The molecule has 2 saturated heterocycles. The lowest BCUT2D eigenvalue weighted by Crippen LogP contribution is -2.52. The van der Waals surface area contributed by atoms with Crippen LogP contribution in [0.5, 0.6) is 5.75 Å². The minimum absolute atomic E-state index is 0.0115. The first-order valence-electron chi connectivity index (χ1n) is 13.6. The number of fused-ring (bicyclic) bond motifs is 1. The van der Waals surface area contributed by atoms with Crippen LogP contribution >= 0.6 is 0 Å². The van der Waals surface area contributed by atoms with E-state index in [4.69, 9.17) is 14.8 Å². The molecule has 2 fully saturated rings. The summed E-state index contributed by atoms with van der Waals surface area (Å²) in [6.07, 6.45) is 7.74. The van der Waals surface area contributed by atoms with Gasteiger partial charge in [-0.05, 0) is 43.0 Å². The summed E-state index contributed by atoms with van der Waals surface area (Å²) in [6.45, 7) is 7.67. The van der Waals surface area contributed by atoms with Gasteiger partial charge >= 0.3 is 6.03 Å². The van der Waals surface area contributed by atoms with Crippen LogP contribution in [0.15, 0.2) is 61.1 Å². The lowest BCUT2D eigenvalue weighted by Gasteiger charge is -2.38. The summed E-state index contributed by atoms with van der Waals surface area (Å²) < 4.78 is 7.91. The average Bonchev–Trinajstić information content (AvgIpc) is 3.52. The number of anilines is 1. The quantitative estimate of drug-likeness (QED) is 0.374. The third-order valence-corrected chi connectivity index (χ3v) is 7.82. The van der Waals surface area contributed by atoms with Crippen molar-refractivity contribution in [2.45, 2.75) is 44.6 Å². The Bertz CT molecular complexity index is 1430. The van der Waals surface area contributed by atoms with E-state index in [-0.39, 0.29) is 17.5 Å². The molecule has 0 radical (unpaired) electrons. The second kappa shape index (κ2) is 10.5. The SMILES string of the molecule is Cc1cc(OC[C@H](C)c2ccccc2)cn2nc(CCN3CC4(CCN(c5ncccn5)CC4)NC3=O)nc12. The molecular weight excluding hydrogens is 492 g/mol. The Morgan fingerprint density at radius 2 is 1.87 bits per heavy atom. The van der Waals surface area contributed by atoms with Gasteiger partial charge in [-0.1, -0.05) is 37.3 Å². The lowest BCUT2D eigenvalue weighted by atomic mass is 9.88. The number of hydrogen-bond acceptors (Lipinski definition) is 7. The van der Waals surface area contributed by atoms with Crippen LogP contribution in [0.2, 0.25) is 0 Å². The number of carbonyl (C=O) groups excluding carboxylic acids is 1. The van der Waals surface area contributed by atoms with Crippen molar-refractivity contribution in [3.05, 3.63) is 78.0 Å². The van der Waals surface area contributed by atoms with Gasteiger partial charge in [0.15, 0.2) is 11.5 Å². The summed E-state index contributed by atoms with van der Waals surface area (Å²) in [5.74, 6) is 2.52. The minimum atomic E-state index is -0.200. The summed E-state index contributed by atoms with van der Waals surface area (Å²) in [7, 11) is 0. The monoisotopic (exact) mass is 526 g/mol. The third kappa shape index (κ3) is 5.36. The molecule has 2 aliphatic heterocycles. The number of rotatable bonds is 8. The number of pyridine rings is 1. The number of aryl methyl sites for hydroxylation is 1. The fourth-order valence-electron chi connectivity index (χ4n) is 5.52. The highest BCUT2D eigenvalue weighted by molar-refractivity contribution is 5.78. The fraction of sp³-hybridized carbons (Fsp3) is 0.414. The largest absolute Gasteiger partial charge is 0.491 e. The van der Waals surface area contributed by atoms with E-state index in [0.717, 1.165) is 54.7 Å². The van der Waals surface area contributed by atoms with Gasteiger partial charge in [-0.15, -0.1) is 0 Å². The molecule has 6 rings (SSSR count). The maximum atomic E-state index is 12.8. The van der Waals surface area contributed by atoms with E-state index in [1.54, 1.807) is 16.9 Å². The molecule has 0 aliphatic carbocycles. The first kappa shape index (κ1) is 25.1. The number of carbonyl (C=O) groups is 1. The van der Waals surface area contributed by atoms with E-state index < -0.39 is 0 Å². The number of nitrogens with zero attached hydrogens (tertiary/aromatic N) is 7. The maximum Gasteiger partial charge on any atom is 0.317 e. The predicted octanol–water partition coefficient (Wildman–Crippen LogP) is 3.62. The molecule has 0 unspecified atom stereocenters. The number of nitrogens with one attached hydrogen (secondary N) is 1. The number of amides is 2. The number of ether oxygens (including phenoxy) is 1. The number of benzene rings is 1. The molecule has 0 saturated carbocycles. The molecule has 5 heterocycles. The van der Waals surface area contributed by atoms with Gasteiger partial charge in [0.2, 0.25) is 5.95 Å².